The van der Waals surface area contributed by atoms with E-state index in [0.29, 0.717) is 0 Å². The Morgan fingerprint density at radius 1 is 0.857 bits per heavy atom. The van der Waals surface area contributed by atoms with Gasteiger partial charge in [0, 0.05) is 31.5 Å². The van der Waals surface area contributed by atoms with Crippen LogP contribution in [0.15, 0.2) is 0 Å². The SMILES string of the molecule is C1CC(CN(C2CC2)C2CCC3(CC2)OCCO3)CCN1. The lowest BCUT2D eigenvalue weighted by molar-refractivity contribution is -0.184. The largest absolute Gasteiger partial charge is 0.348 e. The zero-order valence-corrected chi connectivity index (χ0v) is 13.2. The van der Waals surface area contributed by atoms with Crippen LogP contribution in [0.25, 0.3) is 0 Å². The Bertz CT molecular complexity index is 337. The Balaban J connectivity index is 1.34. The van der Waals surface area contributed by atoms with Crippen LogP contribution in [0.5, 0.6) is 0 Å². The van der Waals surface area contributed by atoms with E-state index in [1.54, 1.807) is 0 Å². The van der Waals surface area contributed by atoms with Crippen LogP contribution in [0.3, 0.4) is 0 Å². The van der Waals surface area contributed by atoms with Crippen molar-refractivity contribution in [1.29, 1.82) is 0 Å². The fraction of sp³-hybridized carbons (Fsp3) is 1.00. The Hall–Kier alpha value is -0.160. The highest BCUT2D eigenvalue weighted by atomic mass is 16.7. The summed E-state index contributed by atoms with van der Waals surface area (Å²) < 4.78 is 11.8. The number of rotatable bonds is 4. The number of hydrogen-bond donors (Lipinski definition) is 1. The molecule has 0 aromatic heterocycles. The van der Waals surface area contributed by atoms with Gasteiger partial charge in [-0.05, 0) is 57.5 Å². The van der Waals surface area contributed by atoms with Gasteiger partial charge >= 0.3 is 0 Å². The molecular formula is C17H30N2O2. The summed E-state index contributed by atoms with van der Waals surface area (Å²) in [5.41, 5.74) is 0. The van der Waals surface area contributed by atoms with Gasteiger partial charge < -0.3 is 14.8 Å². The fourth-order valence-electron chi connectivity index (χ4n) is 4.52. The molecule has 0 unspecified atom stereocenters. The Morgan fingerprint density at radius 2 is 1.48 bits per heavy atom. The molecule has 1 spiro atoms. The summed E-state index contributed by atoms with van der Waals surface area (Å²) in [5, 5.41) is 3.49. The number of piperidine rings is 1. The average molecular weight is 294 g/mol. The second kappa shape index (κ2) is 6.15. The van der Waals surface area contributed by atoms with Crippen molar-refractivity contribution in [3.63, 3.8) is 0 Å². The van der Waals surface area contributed by atoms with Crippen molar-refractivity contribution in [2.24, 2.45) is 5.92 Å². The van der Waals surface area contributed by atoms with E-state index >= 15 is 0 Å². The molecule has 2 aliphatic carbocycles. The summed E-state index contributed by atoms with van der Waals surface area (Å²) in [7, 11) is 0. The third kappa shape index (κ3) is 3.29. The maximum Gasteiger partial charge on any atom is 0.168 e. The molecule has 120 valence electrons. The summed E-state index contributed by atoms with van der Waals surface area (Å²) in [6, 6.07) is 1.68. The Labute approximate surface area is 128 Å². The van der Waals surface area contributed by atoms with Gasteiger partial charge in [-0.25, -0.2) is 0 Å². The molecule has 0 atom stereocenters. The van der Waals surface area contributed by atoms with Crippen molar-refractivity contribution in [3.05, 3.63) is 0 Å². The first-order valence-electron chi connectivity index (χ1n) is 9.09. The quantitative estimate of drug-likeness (QED) is 0.861. The van der Waals surface area contributed by atoms with Crippen molar-refractivity contribution < 1.29 is 9.47 Å². The lowest BCUT2D eigenvalue weighted by Crippen LogP contribution is -2.47. The van der Waals surface area contributed by atoms with E-state index in [1.807, 2.05) is 0 Å². The van der Waals surface area contributed by atoms with Gasteiger partial charge in [0.2, 0.25) is 0 Å². The van der Waals surface area contributed by atoms with Gasteiger partial charge in [-0.1, -0.05) is 0 Å². The lowest BCUT2D eigenvalue weighted by Gasteiger charge is -2.42. The van der Waals surface area contributed by atoms with E-state index in [0.717, 1.165) is 44.1 Å². The maximum absolute atomic E-state index is 5.89. The normalized spacial score (nSPS) is 31.3. The number of nitrogens with zero attached hydrogens (tertiary/aromatic N) is 1. The molecular weight excluding hydrogens is 264 g/mol. The van der Waals surface area contributed by atoms with E-state index in [4.69, 9.17) is 9.47 Å². The van der Waals surface area contributed by atoms with Crippen molar-refractivity contribution in [2.45, 2.75) is 69.2 Å². The Kier molecular flexibility index (Phi) is 4.23. The number of ether oxygens (including phenoxy) is 2. The minimum atomic E-state index is -0.194. The zero-order chi connectivity index (χ0) is 14.1. The molecule has 4 nitrogen and oxygen atoms in total. The minimum absolute atomic E-state index is 0.194. The van der Waals surface area contributed by atoms with Crippen molar-refractivity contribution in [2.75, 3.05) is 32.8 Å². The minimum Gasteiger partial charge on any atom is -0.348 e. The predicted octanol–water partition coefficient (Wildman–Crippen LogP) is 2.14. The van der Waals surface area contributed by atoms with Gasteiger partial charge in [-0.2, -0.15) is 0 Å². The first-order valence-corrected chi connectivity index (χ1v) is 9.09. The summed E-state index contributed by atoms with van der Waals surface area (Å²) >= 11 is 0. The summed E-state index contributed by atoms with van der Waals surface area (Å²) in [5.74, 6) is 0.724. The predicted molar refractivity (Wildman–Crippen MR) is 82.2 cm³/mol. The van der Waals surface area contributed by atoms with E-state index in [-0.39, 0.29) is 5.79 Å². The van der Waals surface area contributed by atoms with Gasteiger partial charge in [0.15, 0.2) is 5.79 Å². The third-order valence-corrected chi connectivity index (χ3v) is 5.94. The number of hydrogen-bond acceptors (Lipinski definition) is 4. The summed E-state index contributed by atoms with van der Waals surface area (Å²) in [4.78, 5) is 2.87. The van der Waals surface area contributed by atoms with Crippen molar-refractivity contribution in [1.82, 2.24) is 10.2 Å². The standard InChI is InChI=1S/C17H30N2O2/c1-2-15(1)19(13-14-5-9-18-10-6-14)16-3-7-17(8-4-16)20-11-12-21-17/h14-16,18H,1-13H2. The molecule has 1 N–H and O–H groups in total. The van der Waals surface area contributed by atoms with Crippen LogP contribution in [-0.4, -0.2) is 55.6 Å². The van der Waals surface area contributed by atoms with E-state index in [9.17, 15) is 0 Å². The molecule has 4 fully saturated rings. The van der Waals surface area contributed by atoms with Crippen molar-refractivity contribution in [3.8, 4) is 0 Å². The summed E-state index contributed by atoms with van der Waals surface area (Å²) in [6.07, 6.45) is 10.3. The molecule has 2 saturated heterocycles. The van der Waals surface area contributed by atoms with E-state index in [1.165, 1.54) is 58.2 Å². The molecule has 4 heteroatoms. The molecule has 0 radical (unpaired) electrons. The molecule has 2 aliphatic heterocycles. The molecule has 4 rings (SSSR count). The topological polar surface area (TPSA) is 33.7 Å². The van der Waals surface area contributed by atoms with E-state index < -0.39 is 0 Å². The molecule has 0 amide bonds. The first-order chi connectivity index (χ1) is 10.3. The second-order valence-corrected chi connectivity index (χ2v) is 7.46. The van der Waals surface area contributed by atoms with Crippen LogP contribution in [-0.2, 0) is 9.47 Å². The van der Waals surface area contributed by atoms with E-state index in [2.05, 4.69) is 10.2 Å². The van der Waals surface area contributed by atoms with Gasteiger partial charge in [0.25, 0.3) is 0 Å². The fourth-order valence-corrected chi connectivity index (χ4v) is 4.52. The smallest absolute Gasteiger partial charge is 0.168 e. The van der Waals surface area contributed by atoms with Crippen LogP contribution in [0, 0.1) is 5.92 Å². The molecule has 0 aromatic carbocycles. The third-order valence-electron chi connectivity index (χ3n) is 5.94. The lowest BCUT2D eigenvalue weighted by atomic mass is 9.87. The summed E-state index contributed by atoms with van der Waals surface area (Å²) in [6.45, 7) is 5.38. The molecule has 2 heterocycles. The maximum atomic E-state index is 5.89. The van der Waals surface area contributed by atoms with Crippen LogP contribution in [0.4, 0.5) is 0 Å². The van der Waals surface area contributed by atoms with Crippen molar-refractivity contribution >= 4 is 0 Å². The van der Waals surface area contributed by atoms with Gasteiger partial charge in [0.05, 0.1) is 13.2 Å². The molecule has 4 aliphatic rings. The Morgan fingerprint density at radius 3 is 2.10 bits per heavy atom. The molecule has 0 aromatic rings. The molecule has 0 bridgehead atoms. The monoisotopic (exact) mass is 294 g/mol. The van der Waals surface area contributed by atoms with Gasteiger partial charge in [-0.15, -0.1) is 0 Å². The van der Waals surface area contributed by atoms with Crippen LogP contribution < -0.4 is 5.32 Å². The zero-order valence-electron chi connectivity index (χ0n) is 13.2. The highest BCUT2D eigenvalue weighted by molar-refractivity contribution is 4.94. The highest BCUT2D eigenvalue weighted by Gasteiger charge is 2.44. The van der Waals surface area contributed by atoms with Gasteiger partial charge in [-0.3, -0.25) is 4.90 Å². The van der Waals surface area contributed by atoms with Gasteiger partial charge in [0.1, 0.15) is 0 Å². The van der Waals surface area contributed by atoms with Crippen LogP contribution in [0.2, 0.25) is 0 Å². The first kappa shape index (κ1) is 14.4. The average Bonchev–Trinajstić information content (AvgIpc) is 3.28. The van der Waals surface area contributed by atoms with Crippen LogP contribution >= 0.6 is 0 Å². The number of nitrogens with one attached hydrogen (secondary N) is 1. The van der Waals surface area contributed by atoms with Crippen LogP contribution in [0.1, 0.15) is 51.4 Å². The molecule has 21 heavy (non-hydrogen) atoms. The second-order valence-electron chi connectivity index (χ2n) is 7.46. The highest BCUT2D eigenvalue weighted by Crippen LogP contribution is 2.40. The molecule has 2 saturated carbocycles.